The first-order valence-corrected chi connectivity index (χ1v) is 8.14. The van der Waals surface area contributed by atoms with Crippen molar-refractivity contribution in [3.8, 4) is 0 Å². The van der Waals surface area contributed by atoms with Gasteiger partial charge in [0.1, 0.15) is 0 Å². The first-order chi connectivity index (χ1) is 10.2. The Morgan fingerprint density at radius 1 is 1.10 bits per heavy atom. The Kier molecular flexibility index (Phi) is 6.08. The highest BCUT2D eigenvalue weighted by Crippen LogP contribution is 2.20. The largest absolute Gasteiger partial charge is 0.352 e. The maximum Gasteiger partial charge on any atom is 0.317 e. The van der Waals surface area contributed by atoms with Gasteiger partial charge < -0.3 is 15.5 Å². The summed E-state index contributed by atoms with van der Waals surface area (Å²) < 4.78 is 0. The molecule has 2 N–H and O–H groups in total. The lowest BCUT2D eigenvalue weighted by atomic mass is 9.95. The van der Waals surface area contributed by atoms with Gasteiger partial charge in [0.2, 0.25) is 5.91 Å². The third kappa shape index (κ3) is 4.76. The molecule has 0 aromatic heterocycles. The molecule has 5 heteroatoms. The minimum atomic E-state index is 0.0312. The van der Waals surface area contributed by atoms with Crippen LogP contribution < -0.4 is 10.6 Å². The number of hydrogen-bond acceptors (Lipinski definition) is 2. The van der Waals surface area contributed by atoms with E-state index in [2.05, 4.69) is 17.2 Å². The van der Waals surface area contributed by atoms with Gasteiger partial charge in [0, 0.05) is 31.6 Å². The Labute approximate surface area is 127 Å². The summed E-state index contributed by atoms with van der Waals surface area (Å²) in [5, 5.41) is 5.98. The van der Waals surface area contributed by atoms with Crippen LogP contribution in [0.25, 0.3) is 0 Å². The lowest BCUT2D eigenvalue weighted by molar-refractivity contribution is -0.126. The monoisotopic (exact) mass is 293 g/mol. The molecular weight excluding hydrogens is 266 g/mol. The summed E-state index contributed by atoms with van der Waals surface area (Å²) in [7, 11) is 0. The molecule has 2 aliphatic rings. The van der Waals surface area contributed by atoms with Crippen molar-refractivity contribution in [1.82, 2.24) is 15.5 Å². The van der Waals surface area contributed by atoms with E-state index >= 15 is 0 Å². The van der Waals surface area contributed by atoms with Gasteiger partial charge in [0.15, 0.2) is 0 Å². The van der Waals surface area contributed by atoms with Crippen molar-refractivity contribution in [2.75, 3.05) is 19.6 Å². The van der Waals surface area contributed by atoms with E-state index in [0.717, 1.165) is 25.7 Å². The minimum absolute atomic E-state index is 0.0312. The number of likely N-dealkylation sites (tertiary alicyclic amines) is 1. The molecule has 1 aliphatic carbocycles. The van der Waals surface area contributed by atoms with E-state index in [4.69, 9.17) is 0 Å². The Balaban J connectivity index is 1.71. The molecule has 0 aromatic rings. The van der Waals surface area contributed by atoms with Crippen molar-refractivity contribution in [2.45, 2.75) is 51.0 Å². The SMILES string of the molecule is C=CCNC(=O)C1CCN(C(=O)NC2CCCCC2)CC1. The fraction of sp³-hybridized carbons (Fsp3) is 0.750. The zero-order chi connectivity index (χ0) is 15.1. The van der Waals surface area contributed by atoms with Crippen molar-refractivity contribution in [1.29, 1.82) is 0 Å². The quantitative estimate of drug-likeness (QED) is 0.779. The average Bonchev–Trinajstić information content (AvgIpc) is 2.53. The Morgan fingerprint density at radius 2 is 1.76 bits per heavy atom. The Bertz CT molecular complexity index is 370. The van der Waals surface area contributed by atoms with E-state index in [1.54, 1.807) is 6.08 Å². The predicted octanol–water partition coefficient (Wildman–Crippen LogP) is 2.04. The van der Waals surface area contributed by atoms with Gasteiger partial charge >= 0.3 is 6.03 Å². The summed E-state index contributed by atoms with van der Waals surface area (Å²) in [6.07, 6.45) is 9.12. The van der Waals surface area contributed by atoms with Gasteiger partial charge in [-0.3, -0.25) is 4.79 Å². The second-order valence-electron chi connectivity index (χ2n) is 6.08. The van der Waals surface area contributed by atoms with Crippen molar-refractivity contribution in [3.63, 3.8) is 0 Å². The number of carbonyl (C=O) groups is 2. The van der Waals surface area contributed by atoms with Crippen LogP contribution in [0.2, 0.25) is 0 Å². The molecule has 0 aromatic carbocycles. The van der Waals surface area contributed by atoms with Gasteiger partial charge in [-0.25, -0.2) is 4.79 Å². The summed E-state index contributed by atoms with van der Waals surface area (Å²) >= 11 is 0. The molecule has 0 atom stereocenters. The fourth-order valence-electron chi connectivity index (χ4n) is 3.17. The average molecular weight is 293 g/mol. The molecular formula is C16H27N3O2. The van der Waals surface area contributed by atoms with Crippen molar-refractivity contribution >= 4 is 11.9 Å². The normalized spacial score (nSPS) is 20.9. The summed E-state index contributed by atoms with van der Waals surface area (Å²) in [6.45, 7) is 5.45. The fourth-order valence-corrected chi connectivity index (χ4v) is 3.17. The molecule has 2 rings (SSSR count). The lowest BCUT2D eigenvalue weighted by Gasteiger charge is -2.33. The van der Waals surface area contributed by atoms with E-state index < -0.39 is 0 Å². The molecule has 0 unspecified atom stereocenters. The Morgan fingerprint density at radius 3 is 2.38 bits per heavy atom. The highest BCUT2D eigenvalue weighted by atomic mass is 16.2. The van der Waals surface area contributed by atoms with Gasteiger partial charge in [-0.2, -0.15) is 0 Å². The first kappa shape index (κ1) is 15.9. The molecule has 0 bridgehead atoms. The van der Waals surface area contributed by atoms with Crippen LogP contribution in [0.5, 0.6) is 0 Å². The smallest absolute Gasteiger partial charge is 0.317 e. The maximum atomic E-state index is 12.2. The summed E-state index contributed by atoms with van der Waals surface area (Å²) in [5.41, 5.74) is 0. The minimum Gasteiger partial charge on any atom is -0.352 e. The molecule has 118 valence electrons. The number of piperidine rings is 1. The van der Waals surface area contributed by atoms with Crippen LogP contribution in [0.3, 0.4) is 0 Å². The summed E-state index contributed by atoms with van der Waals surface area (Å²) in [5.74, 6) is 0.117. The molecule has 1 saturated carbocycles. The van der Waals surface area contributed by atoms with Gasteiger partial charge in [-0.15, -0.1) is 6.58 Å². The van der Waals surface area contributed by atoms with Crippen molar-refractivity contribution < 1.29 is 9.59 Å². The number of carbonyl (C=O) groups excluding carboxylic acids is 2. The summed E-state index contributed by atoms with van der Waals surface area (Å²) in [6, 6.07) is 0.395. The topological polar surface area (TPSA) is 61.4 Å². The van der Waals surface area contributed by atoms with Crippen LogP contribution in [-0.4, -0.2) is 42.5 Å². The van der Waals surface area contributed by atoms with Crippen molar-refractivity contribution in [2.24, 2.45) is 5.92 Å². The van der Waals surface area contributed by atoms with Gasteiger partial charge in [0.05, 0.1) is 0 Å². The third-order valence-corrected chi connectivity index (χ3v) is 4.51. The number of amides is 3. The second-order valence-corrected chi connectivity index (χ2v) is 6.08. The highest BCUT2D eigenvalue weighted by molar-refractivity contribution is 5.79. The van der Waals surface area contributed by atoms with Crippen LogP contribution >= 0.6 is 0 Å². The van der Waals surface area contributed by atoms with E-state index in [1.165, 1.54) is 19.3 Å². The number of rotatable bonds is 4. The zero-order valence-electron chi connectivity index (χ0n) is 12.8. The van der Waals surface area contributed by atoms with Crippen LogP contribution in [0.4, 0.5) is 4.79 Å². The number of nitrogens with one attached hydrogen (secondary N) is 2. The molecule has 1 saturated heterocycles. The maximum absolute atomic E-state index is 12.2. The molecule has 1 heterocycles. The number of nitrogens with zero attached hydrogens (tertiary/aromatic N) is 1. The molecule has 5 nitrogen and oxygen atoms in total. The lowest BCUT2D eigenvalue weighted by Crippen LogP contribution is -2.49. The van der Waals surface area contributed by atoms with Crippen LogP contribution in [0, 0.1) is 5.92 Å². The molecule has 21 heavy (non-hydrogen) atoms. The highest BCUT2D eigenvalue weighted by Gasteiger charge is 2.28. The summed E-state index contributed by atoms with van der Waals surface area (Å²) in [4.78, 5) is 25.9. The van der Waals surface area contributed by atoms with E-state index in [9.17, 15) is 9.59 Å². The molecule has 3 amide bonds. The van der Waals surface area contributed by atoms with E-state index in [0.29, 0.717) is 25.7 Å². The van der Waals surface area contributed by atoms with Crippen LogP contribution in [0.15, 0.2) is 12.7 Å². The van der Waals surface area contributed by atoms with Gasteiger partial charge in [0.25, 0.3) is 0 Å². The molecule has 0 spiro atoms. The van der Waals surface area contributed by atoms with E-state index in [1.807, 2.05) is 4.90 Å². The van der Waals surface area contributed by atoms with Crippen LogP contribution in [0.1, 0.15) is 44.9 Å². The molecule has 2 fully saturated rings. The van der Waals surface area contributed by atoms with Crippen LogP contribution in [-0.2, 0) is 4.79 Å². The Hall–Kier alpha value is -1.52. The van der Waals surface area contributed by atoms with Crippen molar-refractivity contribution in [3.05, 3.63) is 12.7 Å². The number of hydrogen-bond donors (Lipinski definition) is 2. The van der Waals surface area contributed by atoms with Gasteiger partial charge in [-0.1, -0.05) is 25.3 Å². The zero-order valence-corrected chi connectivity index (χ0v) is 12.8. The molecule has 0 radical (unpaired) electrons. The van der Waals surface area contributed by atoms with E-state index in [-0.39, 0.29) is 17.9 Å². The standard InChI is InChI=1S/C16H27N3O2/c1-2-10-17-15(20)13-8-11-19(12-9-13)16(21)18-14-6-4-3-5-7-14/h2,13-14H,1,3-12H2,(H,17,20)(H,18,21). The first-order valence-electron chi connectivity index (χ1n) is 8.14. The predicted molar refractivity (Wildman–Crippen MR) is 82.9 cm³/mol. The number of urea groups is 1. The van der Waals surface area contributed by atoms with Gasteiger partial charge in [-0.05, 0) is 25.7 Å². The second kappa shape index (κ2) is 8.05. The third-order valence-electron chi connectivity index (χ3n) is 4.51. The molecule has 1 aliphatic heterocycles.